The summed E-state index contributed by atoms with van der Waals surface area (Å²) >= 11 is 7.99. The minimum absolute atomic E-state index is 0.721. The topological polar surface area (TPSA) is 26.0 Å². The quantitative estimate of drug-likeness (QED) is 0.851. The minimum atomic E-state index is 0.721. The maximum absolute atomic E-state index is 6.29. The monoisotopic (exact) mass is 225 g/mol. The van der Waals surface area contributed by atoms with Crippen LogP contribution in [0, 0.1) is 0 Å². The number of aryl methyl sites for hydroxylation is 1. The summed E-state index contributed by atoms with van der Waals surface area (Å²) in [4.78, 5) is 0. The van der Waals surface area contributed by atoms with Crippen molar-refractivity contribution in [3.63, 3.8) is 0 Å². The zero-order chi connectivity index (χ0) is 9.97. The fourth-order valence-electron chi connectivity index (χ4n) is 1.52. The van der Waals surface area contributed by atoms with Crippen LogP contribution < -0.4 is 5.73 Å². The predicted molar refractivity (Wildman–Crippen MR) is 64.2 cm³/mol. The lowest BCUT2D eigenvalue weighted by atomic mass is 10.1. The third-order valence-electron chi connectivity index (χ3n) is 2.29. The molecule has 0 saturated heterocycles. The smallest absolute Gasteiger partial charge is 0.0616 e. The van der Waals surface area contributed by atoms with E-state index in [-0.39, 0.29) is 0 Å². The number of benzene rings is 1. The molecular formula is C11H12ClNS. The highest BCUT2D eigenvalue weighted by molar-refractivity contribution is 7.17. The fraction of sp³-hybridized carbons (Fsp3) is 0.273. The van der Waals surface area contributed by atoms with Crippen molar-refractivity contribution < 1.29 is 0 Å². The summed E-state index contributed by atoms with van der Waals surface area (Å²) in [5.74, 6) is 0. The van der Waals surface area contributed by atoms with Crippen molar-refractivity contribution in [3.05, 3.63) is 34.2 Å². The van der Waals surface area contributed by atoms with E-state index in [1.165, 1.54) is 15.6 Å². The molecule has 0 atom stereocenters. The van der Waals surface area contributed by atoms with E-state index in [1.54, 1.807) is 11.3 Å². The molecule has 2 N–H and O–H groups in total. The zero-order valence-electron chi connectivity index (χ0n) is 7.79. The molecule has 2 aromatic rings. The Kier molecular flexibility index (Phi) is 3.06. The Morgan fingerprint density at radius 3 is 2.93 bits per heavy atom. The van der Waals surface area contributed by atoms with Gasteiger partial charge in [-0.1, -0.05) is 23.7 Å². The van der Waals surface area contributed by atoms with E-state index >= 15 is 0 Å². The standard InChI is InChI=1S/C11H12ClNS/c12-10-8(2-1-6-13)3-4-9-5-7-14-11(9)10/h3-5,7H,1-2,6,13H2. The molecule has 0 spiro atoms. The van der Waals surface area contributed by atoms with E-state index in [1.807, 2.05) is 0 Å². The molecule has 2 rings (SSSR count). The van der Waals surface area contributed by atoms with Crippen molar-refractivity contribution in [1.29, 1.82) is 0 Å². The second-order valence-corrected chi connectivity index (χ2v) is 4.56. The number of fused-ring (bicyclic) bond motifs is 1. The van der Waals surface area contributed by atoms with Crippen molar-refractivity contribution in [1.82, 2.24) is 0 Å². The normalized spacial score (nSPS) is 11.0. The highest BCUT2D eigenvalue weighted by atomic mass is 35.5. The Morgan fingerprint density at radius 2 is 2.14 bits per heavy atom. The number of rotatable bonds is 3. The highest BCUT2D eigenvalue weighted by Gasteiger charge is 2.05. The third kappa shape index (κ3) is 1.78. The van der Waals surface area contributed by atoms with Crippen molar-refractivity contribution in [2.24, 2.45) is 5.73 Å². The van der Waals surface area contributed by atoms with Gasteiger partial charge in [-0.25, -0.2) is 0 Å². The average Bonchev–Trinajstić information content (AvgIpc) is 2.66. The second kappa shape index (κ2) is 4.30. The van der Waals surface area contributed by atoms with E-state index in [2.05, 4.69) is 23.6 Å². The maximum Gasteiger partial charge on any atom is 0.0616 e. The summed E-state index contributed by atoms with van der Waals surface area (Å²) in [6, 6.07) is 6.33. The lowest BCUT2D eigenvalue weighted by Crippen LogP contribution is -2.00. The number of thiophene rings is 1. The summed E-state index contributed by atoms with van der Waals surface area (Å²) in [5, 5.41) is 4.21. The Bertz CT molecular complexity index is 436. The lowest BCUT2D eigenvalue weighted by Gasteiger charge is -2.03. The lowest BCUT2D eigenvalue weighted by molar-refractivity contribution is 0.834. The molecule has 0 bridgehead atoms. The molecule has 74 valence electrons. The molecule has 0 amide bonds. The van der Waals surface area contributed by atoms with Crippen LogP contribution >= 0.6 is 22.9 Å². The Labute approximate surface area is 92.5 Å². The van der Waals surface area contributed by atoms with Crippen LogP contribution in [0.1, 0.15) is 12.0 Å². The summed E-state index contributed by atoms with van der Waals surface area (Å²) in [6.07, 6.45) is 1.97. The van der Waals surface area contributed by atoms with E-state index in [4.69, 9.17) is 17.3 Å². The zero-order valence-corrected chi connectivity index (χ0v) is 9.37. The molecule has 0 aliphatic rings. The van der Waals surface area contributed by atoms with Gasteiger partial charge >= 0.3 is 0 Å². The molecule has 0 fully saturated rings. The fourth-order valence-corrected chi connectivity index (χ4v) is 2.78. The molecule has 0 saturated carbocycles. The van der Waals surface area contributed by atoms with Crippen LogP contribution in [0.5, 0.6) is 0 Å². The van der Waals surface area contributed by atoms with Gasteiger partial charge in [0.05, 0.1) is 9.72 Å². The van der Waals surface area contributed by atoms with Crippen LogP contribution in [0.2, 0.25) is 5.02 Å². The first-order valence-electron chi connectivity index (χ1n) is 4.67. The second-order valence-electron chi connectivity index (χ2n) is 3.27. The van der Waals surface area contributed by atoms with Gasteiger partial charge in [0, 0.05) is 0 Å². The molecule has 1 aromatic carbocycles. The SMILES string of the molecule is NCCCc1ccc2ccsc2c1Cl. The van der Waals surface area contributed by atoms with E-state index in [0.29, 0.717) is 0 Å². The molecule has 1 nitrogen and oxygen atoms in total. The van der Waals surface area contributed by atoms with E-state index < -0.39 is 0 Å². The van der Waals surface area contributed by atoms with Crippen molar-refractivity contribution >= 4 is 33.0 Å². The van der Waals surface area contributed by atoms with Crippen molar-refractivity contribution in [2.75, 3.05) is 6.54 Å². The van der Waals surface area contributed by atoms with Crippen LogP contribution in [-0.4, -0.2) is 6.54 Å². The van der Waals surface area contributed by atoms with Gasteiger partial charge in [-0.3, -0.25) is 0 Å². The van der Waals surface area contributed by atoms with Gasteiger partial charge in [0.2, 0.25) is 0 Å². The van der Waals surface area contributed by atoms with Crippen LogP contribution in [0.4, 0.5) is 0 Å². The largest absolute Gasteiger partial charge is 0.330 e. The number of halogens is 1. The Morgan fingerprint density at radius 1 is 1.29 bits per heavy atom. The minimum Gasteiger partial charge on any atom is -0.330 e. The first-order chi connectivity index (χ1) is 6.83. The Hall–Kier alpha value is -0.570. The Balaban J connectivity index is 2.40. The van der Waals surface area contributed by atoms with E-state index in [9.17, 15) is 0 Å². The van der Waals surface area contributed by atoms with Crippen LogP contribution in [-0.2, 0) is 6.42 Å². The summed E-state index contributed by atoms with van der Waals surface area (Å²) in [6.45, 7) is 0.721. The average molecular weight is 226 g/mol. The molecular weight excluding hydrogens is 214 g/mol. The maximum atomic E-state index is 6.29. The van der Waals surface area contributed by atoms with Crippen molar-refractivity contribution in [2.45, 2.75) is 12.8 Å². The number of nitrogens with two attached hydrogens (primary N) is 1. The molecule has 0 radical (unpaired) electrons. The summed E-state index contributed by atoms with van der Waals surface area (Å²) in [5.41, 5.74) is 6.69. The predicted octanol–water partition coefficient (Wildman–Crippen LogP) is 3.45. The highest BCUT2D eigenvalue weighted by Crippen LogP contribution is 2.31. The van der Waals surface area contributed by atoms with Gasteiger partial charge < -0.3 is 5.73 Å². The molecule has 14 heavy (non-hydrogen) atoms. The summed E-state index contributed by atoms with van der Waals surface area (Å²) < 4.78 is 1.20. The van der Waals surface area contributed by atoms with Gasteiger partial charge in [-0.15, -0.1) is 11.3 Å². The first-order valence-corrected chi connectivity index (χ1v) is 5.93. The molecule has 1 aromatic heterocycles. The van der Waals surface area contributed by atoms with Gasteiger partial charge in [0.15, 0.2) is 0 Å². The van der Waals surface area contributed by atoms with Crippen molar-refractivity contribution in [3.8, 4) is 0 Å². The first kappa shape index (κ1) is 9.97. The summed E-state index contributed by atoms with van der Waals surface area (Å²) in [7, 11) is 0. The van der Waals surface area contributed by atoms with Gasteiger partial charge in [-0.2, -0.15) is 0 Å². The molecule has 3 heteroatoms. The molecule has 0 aliphatic carbocycles. The van der Waals surface area contributed by atoms with Crippen LogP contribution in [0.3, 0.4) is 0 Å². The van der Waals surface area contributed by atoms with Gasteiger partial charge in [0.1, 0.15) is 0 Å². The molecule has 1 heterocycles. The molecule has 0 aliphatic heterocycles. The van der Waals surface area contributed by atoms with Gasteiger partial charge in [-0.05, 0) is 41.8 Å². The molecule has 0 unspecified atom stereocenters. The third-order valence-corrected chi connectivity index (χ3v) is 3.78. The number of hydrogen-bond acceptors (Lipinski definition) is 2. The van der Waals surface area contributed by atoms with E-state index in [0.717, 1.165) is 24.4 Å². The number of hydrogen-bond donors (Lipinski definition) is 1. The van der Waals surface area contributed by atoms with Crippen LogP contribution in [0.15, 0.2) is 23.6 Å². The van der Waals surface area contributed by atoms with Crippen LogP contribution in [0.25, 0.3) is 10.1 Å². The van der Waals surface area contributed by atoms with Gasteiger partial charge in [0.25, 0.3) is 0 Å².